The zero-order chi connectivity index (χ0) is 17.6. The Morgan fingerprint density at radius 1 is 0.920 bits per heavy atom. The quantitative estimate of drug-likeness (QED) is 0.676. The van der Waals surface area contributed by atoms with Crippen LogP contribution in [0.2, 0.25) is 0 Å². The highest BCUT2D eigenvalue weighted by atomic mass is 16.5. The maximum atomic E-state index is 10.7. The summed E-state index contributed by atoms with van der Waals surface area (Å²) in [7, 11) is 1.65. The van der Waals surface area contributed by atoms with Crippen molar-refractivity contribution in [3.63, 3.8) is 0 Å². The van der Waals surface area contributed by atoms with Gasteiger partial charge in [-0.3, -0.25) is 4.79 Å². The monoisotopic (exact) mass is 334 g/mol. The molecule has 0 saturated heterocycles. The predicted octanol–water partition coefficient (Wildman–Crippen LogP) is 4.46. The van der Waals surface area contributed by atoms with Crippen LogP contribution in [-0.2, 0) is 6.61 Å². The number of carbonyl (C=O) groups excluding carboxylic acids is 1. The molecule has 0 bridgehead atoms. The first-order valence-electron chi connectivity index (χ1n) is 7.84. The third-order valence-corrected chi connectivity index (χ3v) is 3.89. The van der Waals surface area contributed by atoms with Gasteiger partial charge in [0.1, 0.15) is 23.9 Å². The smallest absolute Gasteiger partial charge is 0.153 e. The molecule has 126 valence electrons. The number of ether oxygens (including phenoxy) is 2. The summed E-state index contributed by atoms with van der Waals surface area (Å²) < 4.78 is 10.9. The van der Waals surface area contributed by atoms with E-state index < -0.39 is 0 Å². The fourth-order valence-corrected chi connectivity index (χ4v) is 2.48. The van der Waals surface area contributed by atoms with Crippen molar-refractivity contribution in [2.24, 2.45) is 0 Å². The third-order valence-electron chi connectivity index (χ3n) is 3.89. The SMILES string of the molecule is COc1cccc(-c2ccc(COc3ccc(C=O)c(O)c3)cc2)c1. The number of methoxy groups -OCH3 is 1. The molecule has 0 spiro atoms. The average molecular weight is 334 g/mol. The molecule has 0 heterocycles. The second-order valence-corrected chi connectivity index (χ2v) is 5.56. The average Bonchev–Trinajstić information content (AvgIpc) is 2.67. The van der Waals surface area contributed by atoms with Crippen LogP contribution in [0, 0.1) is 0 Å². The molecule has 0 aromatic heterocycles. The van der Waals surface area contributed by atoms with E-state index >= 15 is 0 Å². The lowest BCUT2D eigenvalue weighted by atomic mass is 10.0. The first-order chi connectivity index (χ1) is 12.2. The third kappa shape index (κ3) is 3.98. The topological polar surface area (TPSA) is 55.8 Å². The number of aldehydes is 1. The molecule has 0 unspecified atom stereocenters. The van der Waals surface area contributed by atoms with Crippen LogP contribution in [0.25, 0.3) is 11.1 Å². The Hall–Kier alpha value is -3.27. The molecule has 1 N–H and O–H groups in total. The fourth-order valence-electron chi connectivity index (χ4n) is 2.48. The summed E-state index contributed by atoms with van der Waals surface area (Å²) in [5, 5.41) is 9.67. The van der Waals surface area contributed by atoms with Gasteiger partial charge in [0.05, 0.1) is 12.7 Å². The lowest BCUT2D eigenvalue weighted by molar-refractivity contribution is 0.112. The summed E-state index contributed by atoms with van der Waals surface area (Å²) >= 11 is 0. The number of phenols is 1. The molecule has 3 aromatic carbocycles. The summed E-state index contributed by atoms with van der Waals surface area (Å²) in [6, 6.07) is 20.6. The normalized spacial score (nSPS) is 10.3. The van der Waals surface area contributed by atoms with Crippen LogP contribution < -0.4 is 9.47 Å². The maximum Gasteiger partial charge on any atom is 0.153 e. The molecule has 3 aromatic rings. The molecule has 25 heavy (non-hydrogen) atoms. The van der Waals surface area contributed by atoms with Gasteiger partial charge in [0.2, 0.25) is 0 Å². The molecule has 0 saturated carbocycles. The van der Waals surface area contributed by atoms with Gasteiger partial charge in [0, 0.05) is 6.07 Å². The van der Waals surface area contributed by atoms with E-state index in [4.69, 9.17) is 9.47 Å². The summed E-state index contributed by atoms with van der Waals surface area (Å²) in [5.74, 6) is 1.25. The van der Waals surface area contributed by atoms with Crippen LogP contribution in [-0.4, -0.2) is 18.5 Å². The van der Waals surface area contributed by atoms with E-state index in [-0.39, 0.29) is 11.3 Å². The Morgan fingerprint density at radius 3 is 2.40 bits per heavy atom. The van der Waals surface area contributed by atoms with Gasteiger partial charge in [-0.25, -0.2) is 0 Å². The highest BCUT2D eigenvalue weighted by molar-refractivity contribution is 5.79. The van der Waals surface area contributed by atoms with Crippen LogP contribution in [0.4, 0.5) is 0 Å². The molecule has 0 atom stereocenters. The van der Waals surface area contributed by atoms with Crippen molar-refractivity contribution < 1.29 is 19.4 Å². The minimum atomic E-state index is -0.0825. The van der Waals surface area contributed by atoms with Crippen molar-refractivity contribution in [3.05, 3.63) is 77.9 Å². The van der Waals surface area contributed by atoms with Crippen molar-refractivity contribution in [3.8, 4) is 28.4 Å². The van der Waals surface area contributed by atoms with Crippen LogP contribution in [0.15, 0.2) is 66.7 Å². The van der Waals surface area contributed by atoms with E-state index in [0.29, 0.717) is 18.6 Å². The zero-order valence-electron chi connectivity index (χ0n) is 13.8. The molecular weight excluding hydrogens is 316 g/mol. The number of phenolic OH excluding ortho intramolecular Hbond substituents is 1. The summed E-state index contributed by atoms with van der Waals surface area (Å²) in [5.41, 5.74) is 3.43. The van der Waals surface area contributed by atoms with Gasteiger partial charge in [0.25, 0.3) is 0 Å². The Labute approximate surface area is 146 Å². The van der Waals surface area contributed by atoms with Gasteiger partial charge >= 0.3 is 0 Å². The molecule has 4 nitrogen and oxygen atoms in total. The van der Waals surface area contributed by atoms with Gasteiger partial charge in [-0.05, 0) is 41.0 Å². The maximum absolute atomic E-state index is 10.7. The van der Waals surface area contributed by atoms with Crippen molar-refractivity contribution in [2.45, 2.75) is 6.61 Å². The minimum Gasteiger partial charge on any atom is -0.507 e. The Morgan fingerprint density at radius 2 is 1.72 bits per heavy atom. The first-order valence-corrected chi connectivity index (χ1v) is 7.84. The zero-order valence-corrected chi connectivity index (χ0v) is 13.8. The molecule has 4 heteroatoms. The summed E-state index contributed by atoms with van der Waals surface area (Å²) in [6.07, 6.45) is 0.608. The highest BCUT2D eigenvalue weighted by Gasteiger charge is 2.04. The number of carbonyl (C=O) groups is 1. The second-order valence-electron chi connectivity index (χ2n) is 5.56. The number of rotatable bonds is 6. The van der Waals surface area contributed by atoms with Crippen LogP contribution in [0.1, 0.15) is 15.9 Å². The van der Waals surface area contributed by atoms with Crippen LogP contribution in [0.3, 0.4) is 0 Å². The largest absolute Gasteiger partial charge is 0.507 e. The van der Waals surface area contributed by atoms with Crippen LogP contribution in [0.5, 0.6) is 17.2 Å². The number of benzene rings is 3. The predicted molar refractivity (Wildman–Crippen MR) is 96.3 cm³/mol. The van der Waals surface area contributed by atoms with Crippen molar-refractivity contribution in [1.29, 1.82) is 0 Å². The molecule has 0 aliphatic heterocycles. The molecule has 3 rings (SSSR count). The minimum absolute atomic E-state index is 0.0825. The molecular formula is C21H18O4. The Kier molecular flexibility index (Phi) is 5.00. The van der Waals surface area contributed by atoms with E-state index in [2.05, 4.69) is 0 Å². The van der Waals surface area contributed by atoms with Crippen molar-refractivity contribution in [2.75, 3.05) is 7.11 Å². The van der Waals surface area contributed by atoms with E-state index in [9.17, 15) is 9.90 Å². The van der Waals surface area contributed by atoms with Gasteiger partial charge in [-0.2, -0.15) is 0 Å². The first kappa shape index (κ1) is 16.6. The number of aromatic hydroxyl groups is 1. The standard InChI is InChI=1S/C21H18O4/c1-24-19-4-2-3-17(11-19)16-7-5-15(6-8-16)14-25-20-10-9-18(13-22)21(23)12-20/h2-13,23H,14H2,1H3. The van der Waals surface area contributed by atoms with Crippen molar-refractivity contribution >= 4 is 6.29 Å². The van der Waals surface area contributed by atoms with E-state index in [1.807, 2.05) is 48.5 Å². The molecule has 0 radical (unpaired) electrons. The van der Waals surface area contributed by atoms with E-state index in [0.717, 1.165) is 22.4 Å². The van der Waals surface area contributed by atoms with Crippen molar-refractivity contribution in [1.82, 2.24) is 0 Å². The number of hydrogen-bond acceptors (Lipinski definition) is 4. The fraction of sp³-hybridized carbons (Fsp3) is 0.0952. The van der Waals surface area contributed by atoms with Gasteiger partial charge < -0.3 is 14.6 Å². The lowest BCUT2D eigenvalue weighted by Gasteiger charge is -2.09. The molecule has 0 fully saturated rings. The number of hydrogen-bond donors (Lipinski definition) is 1. The van der Waals surface area contributed by atoms with Gasteiger partial charge in [-0.15, -0.1) is 0 Å². The summed E-state index contributed by atoms with van der Waals surface area (Å²) in [6.45, 7) is 0.373. The lowest BCUT2D eigenvalue weighted by Crippen LogP contribution is -1.96. The van der Waals surface area contributed by atoms with E-state index in [1.54, 1.807) is 13.2 Å². The summed E-state index contributed by atoms with van der Waals surface area (Å²) in [4.78, 5) is 10.7. The van der Waals surface area contributed by atoms with Gasteiger partial charge in [-0.1, -0.05) is 36.4 Å². The molecule has 0 aliphatic carbocycles. The second kappa shape index (κ2) is 7.53. The Balaban J connectivity index is 1.68. The van der Waals surface area contributed by atoms with E-state index in [1.165, 1.54) is 12.1 Å². The highest BCUT2D eigenvalue weighted by Crippen LogP contribution is 2.25. The van der Waals surface area contributed by atoms with Crippen LogP contribution >= 0.6 is 0 Å². The molecule has 0 amide bonds. The molecule has 0 aliphatic rings. The van der Waals surface area contributed by atoms with Gasteiger partial charge in [0.15, 0.2) is 6.29 Å². The Bertz CT molecular complexity index is 869.